The van der Waals surface area contributed by atoms with Crippen LogP contribution in [0.2, 0.25) is 5.02 Å². The first-order chi connectivity index (χ1) is 8.66. The van der Waals surface area contributed by atoms with Gasteiger partial charge in [-0.2, -0.15) is 0 Å². The van der Waals surface area contributed by atoms with Gasteiger partial charge >= 0.3 is 0 Å². The van der Waals surface area contributed by atoms with Crippen molar-refractivity contribution in [1.82, 2.24) is 9.97 Å². The van der Waals surface area contributed by atoms with Crippen LogP contribution >= 0.6 is 11.6 Å². The average molecular weight is 262 g/mol. The normalized spacial score (nSPS) is 10.7. The SMILES string of the molecule is O=[N+]([O-])c1ccc(Cl)c(C=Cc2ncccn2)c1. The van der Waals surface area contributed by atoms with E-state index in [4.69, 9.17) is 11.6 Å². The van der Waals surface area contributed by atoms with Crippen LogP contribution in [0.5, 0.6) is 0 Å². The van der Waals surface area contributed by atoms with Crippen LogP contribution in [-0.4, -0.2) is 14.9 Å². The third-order valence-electron chi connectivity index (χ3n) is 2.19. The number of hydrogen-bond donors (Lipinski definition) is 0. The first kappa shape index (κ1) is 12.2. The van der Waals surface area contributed by atoms with Gasteiger partial charge < -0.3 is 0 Å². The molecule has 0 aliphatic rings. The molecule has 0 bridgehead atoms. The lowest BCUT2D eigenvalue weighted by Crippen LogP contribution is -1.88. The standard InChI is InChI=1S/C12H8ClN3O2/c13-11-4-3-10(16(17)18)8-9(11)2-5-12-14-6-1-7-15-12/h1-8H. The zero-order valence-corrected chi connectivity index (χ0v) is 9.91. The number of benzene rings is 1. The summed E-state index contributed by atoms with van der Waals surface area (Å²) in [5.74, 6) is 0.514. The van der Waals surface area contributed by atoms with Crippen LogP contribution in [0.25, 0.3) is 12.2 Å². The second-order valence-electron chi connectivity index (χ2n) is 3.40. The Balaban J connectivity index is 2.31. The molecule has 0 radical (unpaired) electrons. The van der Waals surface area contributed by atoms with E-state index in [0.29, 0.717) is 16.4 Å². The van der Waals surface area contributed by atoms with Crippen molar-refractivity contribution in [2.45, 2.75) is 0 Å². The molecule has 90 valence electrons. The number of aromatic nitrogens is 2. The summed E-state index contributed by atoms with van der Waals surface area (Å²) in [6.07, 6.45) is 6.51. The second-order valence-corrected chi connectivity index (χ2v) is 3.81. The number of halogens is 1. The highest BCUT2D eigenvalue weighted by molar-refractivity contribution is 6.32. The Bertz CT molecular complexity index is 600. The molecule has 0 N–H and O–H groups in total. The van der Waals surface area contributed by atoms with E-state index in [1.54, 1.807) is 30.6 Å². The maximum absolute atomic E-state index is 10.7. The Morgan fingerprint density at radius 1 is 1.22 bits per heavy atom. The van der Waals surface area contributed by atoms with Crippen molar-refractivity contribution in [2.24, 2.45) is 0 Å². The molecule has 0 fully saturated rings. The minimum absolute atomic E-state index is 0.00645. The number of rotatable bonds is 3. The smallest absolute Gasteiger partial charge is 0.258 e. The quantitative estimate of drug-likeness (QED) is 0.628. The van der Waals surface area contributed by atoms with Crippen LogP contribution in [0.1, 0.15) is 11.4 Å². The monoisotopic (exact) mass is 261 g/mol. The molecule has 0 amide bonds. The zero-order chi connectivity index (χ0) is 13.0. The molecule has 0 saturated carbocycles. The van der Waals surface area contributed by atoms with Crippen LogP contribution in [0, 0.1) is 10.1 Å². The fraction of sp³-hybridized carbons (Fsp3) is 0. The molecule has 0 aliphatic heterocycles. The highest BCUT2D eigenvalue weighted by Crippen LogP contribution is 2.23. The summed E-state index contributed by atoms with van der Waals surface area (Å²) >= 11 is 5.95. The van der Waals surface area contributed by atoms with Crippen molar-refractivity contribution in [3.63, 3.8) is 0 Å². The molecule has 0 saturated heterocycles. The Kier molecular flexibility index (Phi) is 3.64. The molecule has 0 atom stereocenters. The molecule has 6 heteroatoms. The number of nitrogens with zero attached hydrogens (tertiary/aromatic N) is 3. The topological polar surface area (TPSA) is 68.9 Å². The summed E-state index contributed by atoms with van der Waals surface area (Å²) in [5, 5.41) is 11.1. The van der Waals surface area contributed by atoms with E-state index in [0.717, 1.165) is 0 Å². The predicted octanol–water partition coefficient (Wildman–Crippen LogP) is 3.21. The van der Waals surface area contributed by atoms with Crippen LogP contribution in [0.3, 0.4) is 0 Å². The molecule has 18 heavy (non-hydrogen) atoms. The van der Waals surface area contributed by atoms with Gasteiger partial charge in [0.15, 0.2) is 5.82 Å². The number of hydrogen-bond acceptors (Lipinski definition) is 4. The van der Waals surface area contributed by atoms with Crippen molar-refractivity contribution in [3.8, 4) is 0 Å². The molecule has 0 spiro atoms. The highest BCUT2D eigenvalue weighted by Gasteiger charge is 2.07. The summed E-state index contributed by atoms with van der Waals surface area (Å²) in [6.45, 7) is 0. The molecule has 0 unspecified atom stereocenters. The van der Waals surface area contributed by atoms with Crippen molar-refractivity contribution in [2.75, 3.05) is 0 Å². The third kappa shape index (κ3) is 2.89. The minimum Gasteiger partial charge on any atom is -0.258 e. The molecule has 1 heterocycles. The van der Waals surface area contributed by atoms with Gasteiger partial charge in [-0.1, -0.05) is 11.6 Å². The van der Waals surface area contributed by atoms with Crippen molar-refractivity contribution in [1.29, 1.82) is 0 Å². The first-order valence-electron chi connectivity index (χ1n) is 5.06. The maximum atomic E-state index is 10.7. The fourth-order valence-corrected chi connectivity index (χ4v) is 1.51. The third-order valence-corrected chi connectivity index (χ3v) is 2.53. The van der Waals surface area contributed by atoms with E-state index in [9.17, 15) is 10.1 Å². The highest BCUT2D eigenvalue weighted by atomic mass is 35.5. The van der Waals surface area contributed by atoms with Crippen LogP contribution < -0.4 is 0 Å². The van der Waals surface area contributed by atoms with E-state index < -0.39 is 4.92 Å². The van der Waals surface area contributed by atoms with E-state index >= 15 is 0 Å². The van der Waals surface area contributed by atoms with Crippen LogP contribution in [0.15, 0.2) is 36.7 Å². The number of nitro groups is 1. The Hall–Kier alpha value is -2.27. The Labute approximate surface area is 108 Å². The first-order valence-corrected chi connectivity index (χ1v) is 5.43. The largest absolute Gasteiger partial charge is 0.270 e. The van der Waals surface area contributed by atoms with E-state index in [2.05, 4.69) is 9.97 Å². The van der Waals surface area contributed by atoms with Gasteiger partial charge in [0.05, 0.1) is 4.92 Å². The summed E-state index contributed by atoms with van der Waals surface area (Å²) in [5.41, 5.74) is 0.548. The van der Waals surface area contributed by atoms with Gasteiger partial charge in [-0.05, 0) is 29.8 Å². The van der Waals surface area contributed by atoms with Gasteiger partial charge in [0.2, 0.25) is 0 Å². The summed E-state index contributed by atoms with van der Waals surface area (Å²) in [6, 6.07) is 5.96. The molecule has 1 aromatic carbocycles. The van der Waals surface area contributed by atoms with Crippen LogP contribution in [-0.2, 0) is 0 Å². The molecule has 5 nitrogen and oxygen atoms in total. The second kappa shape index (κ2) is 5.37. The maximum Gasteiger partial charge on any atom is 0.270 e. The lowest BCUT2D eigenvalue weighted by molar-refractivity contribution is -0.384. The van der Waals surface area contributed by atoms with Gasteiger partial charge in [-0.15, -0.1) is 0 Å². The van der Waals surface area contributed by atoms with Crippen molar-refractivity contribution < 1.29 is 4.92 Å². The van der Waals surface area contributed by atoms with Gasteiger partial charge in [0.1, 0.15) is 0 Å². The molecular weight excluding hydrogens is 254 g/mol. The van der Waals surface area contributed by atoms with E-state index in [-0.39, 0.29) is 5.69 Å². The summed E-state index contributed by atoms with van der Waals surface area (Å²) in [4.78, 5) is 18.2. The average Bonchev–Trinajstić information content (AvgIpc) is 2.38. The van der Waals surface area contributed by atoms with E-state index in [1.165, 1.54) is 18.2 Å². The van der Waals surface area contributed by atoms with Crippen LogP contribution in [0.4, 0.5) is 5.69 Å². The Morgan fingerprint density at radius 2 is 1.94 bits per heavy atom. The molecular formula is C12H8ClN3O2. The Morgan fingerprint density at radius 3 is 2.61 bits per heavy atom. The number of non-ortho nitro benzene ring substituents is 1. The van der Waals surface area contributed by atoms with Gasteiger partial charge in [0.25, 0.3) is 5.69 Å². The molecule has 1 aromatic heterocycles. The van der Waals surface area contributed by atoms with Gasteiger partial charge in [0, 0.05) is 29.5 Å². The molecule has 0 aliphatic carbocycles. The van der Waals surface area contributed by atoms with Gasteiger partial charge in [-0.25, -0.2) is 9.97 Å². The lowest BCUT2D eigenvalue weighted by Gasteiger charge is -1.98. The molecule has 2 aromatic rings. The number of nitro benzene ring substituents is 1. The van der Waals surface area contributed by atoms with Gasteiger partial charge in [-0.3, -0.25) is 10.1 Å². The summed E-state index contributed by atoms with van der Waals surface area (Å²) < 4.78 is 0. The lowest BCUT2D eigenvalue weighted by atomic mass is 10.2. The molecule has 2 rings (SSSR count). The van der Waals surface area contributed by atoms with Crippen molar-refractivity contribution >= 4 is 29.4 Å². The zero-order valence-electron chi connectivity index (χ0n) is 9.15. The van der Waals surface area contributed by atoms with E-state index in [1.807, 2.05) is 0 Å². The summed E-state index contributed by atoms with van der Waals surface area (Å²) in [7, 11) is 0. The minimum atomic E-state index is -0.466. The fourth-order valence-electron chi connectivity index (χ4n) is 1.33. The van der Waals surface area contributed by atoms with Crippen molar-refractivity contribution in [3.05, 3.63) is 63.2 Å². The predicted molar refractivity (Wildman–Crippen MR) is 69.1 cm³/mol.